The van der Waals surface area contributed by atoms with Crippen molar-refractivity contribution in [2.45, 2.75) is 26.3 Å². The van der Waals surface area contributed by atoms with E-state index < -0.39 is 10.8 Å². The van der Waals surface area contributed by atoms with Crippen LogP contribution in [0.2, 0.25) is 0 Å². The van der Waals surface area contributed by atoms with Crippen molar-refractivity contribution >= 4 is 11.8 Å². The first-order valence-electron chi connectivity index (χ1n) is 8.03. The van der Waals surface area contributed by atoms with Crippen LogP contribution in [0.1, 0.15) is 25.3 Å². The topological polar surface area (TPSA) is 46.6 Å². The molecule has 3 atom stereocenters. The monoisotopic (exact) mass is 299 g/mol. The molecule has 2 aliphatic heterocycles. The number of likely N-dealkylation sites (tertiary alicyclic amines) is 1. The Balaban J connectivity index is 1.68. The number of cyclic esters (lactones) is 1. The number of carbonyl (C=O) groups excluding carboxylic acids is 2. The molecule has 1 aliphatic carbocycles. The Bertz CT molecular complexity index is 628. The number of piperidine rings is 1. The first-order chi connectivity index (χ1) is 10.5. The summed E-state index contributed by atoms with van der Waals surface area (Å²) in [7, 11) is 0. The molecule has 0 aromatic heterocycles. The zero-order valence-corrected chi connectivity index (χ0v) is 12.9. The predicted octanol–water partition coefficient (Wildman–Crippen LogP) is 2.03. The lowest BCUT2D eigenvalue weighted by Crippen LogP contribution is -2.65. The summed E-state index contributed by atoms with van der Waals surface area (Å²) in [4.78, 5) is 27.7. The predicted molar refractivity (Wildman–Crippen MR) is 80.9 cm³/mol. The van der Waals surface area contributed by atoms with Crippen LogP contribution >= 0.6 is 0 Å². The molecule has 22 heavy (non-hydrogen) atoms. The van der Waals surface area contributed by atoms with Gasteiger partial charge in [0.15, 0.2) is 5.78 Å². The van der Waals surface area contributed by atoms with Crippen molar-refractivity contribution < 1.29 is 14.3 Å². The molecule has 0 amide bonds. The molecule has 2 saturated heterocycles. The number of ketones is 1. The van der Waals surface area contributed by atoms with Gasteiger partial charge in [-0.15, -0.1) is 0 Å². The van der Waals surface area contributed by atoms with Crippen LogP contribution in [-0.2, 0) is 20.9 Å². The average Bonchev–Trinajstić information content (AvgIpc) is 2.80. The molecule has 4 rings (SSSR count). The number of Topliss-reactive ketones (excluding diaryl/α,β-unsaturated/α-hetero) is 1. The molecule has 0 radical (unpaired) electrons. The molecule has 2 bridgehead atoms. The highest BCUT2D eigenvalue weighted by molar-refractivity contribution is 6.09. The summed E-state index contributed by atoms with van der Waals surface area (Å²) in [6.07, 6.45) is 1.79. The zero-order valence-electron chi connectivity index (χ0n) is 12.9. The van der Waals surface area contributed by atoms with Crippen molar-refractivity contribution in [1.82, 2.24) is 4.90 Å². The molecule has 3 unspecified atom stereocenters. The molecule has 3 aliphatic rings. The number of carbonyl (C=O) groups is 2. The lowest BCUT2D eigenvalue weighted by atomic mass is 9.55. The number of hydrogen-bond acceptors (Lipinski definition) is 4. The van der Waals surface area contributed by atoms with Crippen molar-refractivity contribution in [3.63, 3.8) is 0 Å². The molecule has 0 N–H and O–H groups in total. The van der Waals surface area contributed by atoms with E-state index in [0.717, 1.165) is 25.9 Å². The van der Waals surface area contributed by atoms with E-state index in [1.165, 1.54) is 5.56 Å². The maximum atomic E-state index is 13.0. The van der Waals surface area contributed by atoms with E-state index in [1.807, 2.05) is 25.1 Å². The fourth-order valence-corrected chi connectivity index (χ4v) is 4.64. The smallest absolute Gasteiger partial charge is 0.321 e. The van der Waals surface area contributed by atoms with E-state index in [9.17, 15) is 9.59 Å². The van der Waals surface area contributed by atoms with Crippen LogP contribution in [0.3, 0.4) is 0 Å². The lowest BCUT2D eigenvalue weighted by molar-refractivity contribution is -0.168. The maximum absolute atomic E-state index is 13.0. The van der Waals surface area contributed by atoms with Gasteiger partial charge in [0.1, 0.15) is 5.41 Å². The average molecular weight is 299 g/mol. The molecule has 116 valence electrons. The van der Waals surface area contributed by atoms with Gasteiger partial charge in [-0.3, -0.25) is 14.5 Å². The molecule has 1 aromatic rings. The molecule has 1 saturated carbocycles. The number of esters is 1. The van der Waals surface area contributed by atoms with Crippen LogP contribution < -0.4 is 0 Å². The Kier molecular flexibility index (Phi) is 2.95. The number of hydrogen-bond donors (Lipinski definition) is 0. The summed E-state index contributed by atoms with van der Waals surface area (Å²) >= 11 is 0. The molecule has 1 spiro atoms. The number of rotatable bonds is 2. The summed E-state index contributed by atoms with van der Waals surface area (Å²) in [6.45, 7) is 4.48. The van der Waals surface area contributed by atoms with Crippen LogP contribution in [0.25, 0.3) is 0 Å². The highest BCUT2D eigenvalue weighted by Gasteiger charge is 2.67. The van der Waals surface area contributed by atoms with Crippen molar-refractivity contribution in [2.24, 2.45) is 16.7 Å². The Morgan fingerprint density at radius 2 is 2.00 bits per heavy atom. The zero-order chi connectivity index (χ0) is 15.4. The Morgan fingerprint density at radius 3 is 2.77 bits per heavy atom. The minimum Gasteiger partial charge on any atom is -0.465 e. The Labute approximate surface area is 130 Å². The van der Waals surface area contributed by atoms with Crippen LogP contribution in [-0.4, -0.2) is 36.3 Å². The van der Waals surface area contributed by atoms with Crippen molar-refractivity contribution in [2.75, 3.05) is 19.7 Å². The Hall–Kier alpha value is -1.68. The van der Waals surface area contributed by atoms with Gasteiger partial charge in [-0.05, 0) is 18.4 Å². The molecular formula is C18H21NO3. The number of ether oxygens (including phenoxy) is 1. The van der Waals surface area contributed by atoms with E-state index >= 15 is 0 Å². The number of nitrogens with zero attached hydrogens (tertiary/aromatic N) is 1. The summed E-state index contributed by atoms with van der Waals surface area (Å²) in [5.41, 5.74) is -0.0924. The minimum absolute atomic E-state index is 0.0687. The first-order valence-corrected chi connectivity index (χ1v) is 8.03. The van der Waals surface area contributed by atoms with E-state index in [1.54, 1.807) is 0 Å². The maximum Gasteiger partial charge on any atom is 0.321 e. The normalized spacial score (nSPS) is 37.8. The largest absolute Gasteiger partial charge is 0.465 e. The second kappa shape index (κ2) is 4.66. The van der Waals surface area contributed by atoms with Gasteiger partial charge in [0.2, 0.25) is 0 Å². The van der Waals surface area contributed by atoms with Crippen molar-refractivity contribution in [3.8, 4) is 0 Å². The van der Waals surface area contributed by atoms with Crippen LogP contribution in [0.5, 0.6) is 0 Å². The minimum atomic E-state index is -0.903. The molecule has 2 heterocycles. The summed E-state index contributed by atoms with van der Waals surface area (Å²) in [5.74, 6) is -0.0894. The van der Waals surface area contributed by atoms with Crippen LogP contribution in [0, 0.1) is 16.7 Å². The molecular weight excluding hydrogens is 278 g/mol. The van der Waals surface area contributed by atoms with Gasteiger partial charge < -0.3 is 4.74 Å². The van der Waals surface area contributed by atoms with Gasteiger partial charge in [0.25, 0.3) is 0 Å². The lowest BCUT2D eigenvalue weighted by Gasteiger charge is -2.52. The second-order valence-corrected chi connectivity index (χ2v) is 7.33. The van der Waals surface area contributed by atoms with Gasteiger partial charge in [-0.2, -0.15) is 0 Å². The van der Waals surface area contributed by atoms with Crippen molar-refractivity contribution in [3.05, 3.63) is 35.9 Å². The van der Waals surface area contributed by atoms with Crippen molar-refractivity contribution in [1.29, 1.82) is 0 Å². The summed E-state index contributed by atoms with van der Waals surface area (Å²) in [6, 6.07) is 10.2. The van der Waals surface area contributed by atoms with Crippen LogP contribution in [0.4, 0.5) is 0 Å². The highest BCUT2D eigenvalue weighted by Crippen LogP contribution is 2.54. The molecule has 3 fully saturated rings. The molecule has 4 nitrogen and oxygen atoms in total. The second-order valence-electron chi connectivity index (χ2n) is 7.33. The third kappa shape index (κ3) is 1.80. The Morgan fingerprint density at radius 1 is 1.23 bits per heavy atom. The number of fused-ring (bicyclic) bond motifs is 1. The number of benzene rings is 1. The highest BCUT2D eigenvalue weighted by atomic mass is 16.5. The van der Waals surface area contributed by atoms with E-state index in [4.69, 9.17) is 4.74 Å². The summed E-state index contributed by atoms with van der Waals surface area (Å²) < 4.78 is 5.30. The molecule has 4 heteroatoms. The quantitative estimate of drug-likeness (QED) is 0.619. The van der Waals surface area contributed by atoms with Gasteiger partial charge >= 0.3 is 5.97 Å². The van der Waals surface area contributed by atoms with Crippen LogP contribution in [0.15, 0.2) is 30.3 Å². The van der Waals surface area contributed by atoms with Gasteiger partial charge in [0, 0.05) is 31.0 Å². The molecule has 1 aromatic carbocycles. The van der Waals surface area contributed by atoms with Gasteiger partial charge in [0.05, 0.1) is 6.61 Å². The van der Waals surface area contributed by atoms with E-state index in [-0.39, 0.29) is 17.7 Å². The van der Waals surface area contributed by atoms with Gasteiger partial charge in [-0.1, -0.05) is 37.3 Å². The van der Waals surface area contributed by atoms with E-state index in [2.05, 4.69) is 17.0 Å². The fourth-order valence-electron chi connectivity index (χ4n) is 4.64. The van der Waals surface area contributed by atoms with Gasteiger partial charge in [-0.25, -0.2) is 0 Å². The third-order valence-electron chi connectivity index (χ3n) is 5.77. The first kappa shape index (κ1) is 13.9. The third-order valence-corrected chi connectivity index (χ3v) is 5.77. The fraction of sp³-hybridized carbons (Fsp3) is 0.556. The SMILES string of the molecule is CC12CCC3COC(=O)C3(CN(Cc3ccccc3)C1)C2=O. The van der Waals surface area contributed by atoms with E-state index in [0.29, 0.717) is 13.2 Å². The standard InChI is InChI=1S/C18H21NO3/c1-17-8-7-14-10-22-16(21)18(14,15(17)20)12-19(11-17)9-13-5-3-2-4-6-13/h2-6,14H,7-12H2,1H3. The summed E-state index contributed by atoms with van der Waals surface area (Å²) in [5, 5.41) is 0.